The minimum absolute atomic E-state index is 0.0835. The molecule has 7 heteroatoms. The Morgan fingerprint density at radius 1 is 1.04 bits per heavy atom. The molecule has 0 bridgehead atoms. The molecule has 2 aromatic carbocycles. The van der Waals surface area contributed by atoms with Gasteiger partial charge in [0.1, 0.15) is 17.4 Å². The fourth-order valence-electron chi connectivity index (χ4n) is 3.60. The number of nitrogens with zero attached hydrogens (tertiary/aromatic N) is 2. The van der Waals surface area contributed by atoms with E-state index in [0.29, 0.717) is 5.56 Å². The summed E-state index contributed by atoms with van der Waals surface area (Å²) >= 11 is 0. The van der Waals surface area contributed by atoms with E-state index in [4.69, 9.17) is 10.5 Å². The minimum Gasteiger partial charge on any atom is -0.462 e. The van der Waals surface area contributed by atoms with Crippen LogP contribution in [-0.2, 0) is 9.53 Å². The van der Waals surface area contributed by atoms with Gasteiger partial charge in [-0.05, 0) is 31.5 Å². The number of nitrogens with two attached hydrogens (primary N) is 1. The number of esters is 1. The summed E-state index contributed by atoms with van der Waals surface area (Å²) in [5.41, 5.74) is 7.15. The maximum atomic E-state index is 13.3. The Bertz CT molecular complexity index is 1250. The van der Waals surface area contributed by atoms with Crippen molar-refractivity contribution >= 4 is 22.6 Å². The van der Waals surface area contributed by atoms with Gasteiger partial charge in [-0.25, -0.2) is 9.48 Å². The van der Waals surface area contributed by atoms with Crippen LogP contribution in [0.25, 0.3) is 16.6 Å². The van der Waals surface area contributed by atoms with E-state index in [1.165, 1.54) is 4.68 Å². The monoisotopic (exact) mass is 377 g/mol. The number of hydrogen-bond donors (Lipinski definition) is 1. The van der Waals surface area contributed by atoms with Crippen molar-refractivity contribution in [2.45, 2.75) is 19.9 Å². The molecule has 2 heterocycles. The van der Waals surface area contributed by atoms with Gasteiger partial charge in [0, 0.05) is 0 Å². The van der Waals surface area contributed by atoms with E-state index in [1.807, 2.05) is 31.2 Å². The van der Waals surface area contributed by atoms with Crippen molar-refractivity contribution in [2.75, 3.05) is 6.61 Å². The van der Waals surface area contributed by atoms with Crippen LogP contribution in [0.5, 0.6) is 0 Å². The van der Waals surface area contributed by atoms with Gasteiger partial charge in [-0.1, -0.05) is 42.0 Å². The van der Waals surface area contributed by atoms with Gasteiger partial charge < -0.3 is 10.5 Å². The van der Waals surface area contributed by atoms with Crippen LogP contribution in [0.2, 0.25) is 0 Å². The fourth-order valence-corrected chi connectivity index (χ4v) is 3.60. The first-order chi connectivity index (χ1) is 13.5. The van der Waals surface area contributed by atoms with Gasteiger partial charge >= 0.3 is 5.97 Å². The molecule has 0 aliphatic carbocycles. The lowest BCUT2D eigenvalue weighted by molar-refractivity contribution is -0.138. The van der Waals surface area contributed by atoms with E-state index < -0.39 is 23.1 Å². The van der Waals surface area contributed by atoms with E-state index in [0.717, 1.165) is 10.2 Å². The fraction of sp³-hybridized carbons (Fsp3) is 0.190. The molecule has 142 valence electrons. The summed E-state index contributed by atoms with van der Waals surface area (Å²) in [5.74, 6) is -0.735. The third-order valence-electron chi connectivity index (χ3n) is 4.91. The van der Waals surface area contributed by atoms with E-state index in [2.05, 4.69) is 0 Å². The lowest BCUT2D eigenvalue weighted by atomic mass is 9.98. The van der Waals surface area contributed by atoms with Crippen molar-refractivity contribution in [3.63, 3.8) is 0 Å². The van der Waals surface area contributed by atoms with E-state index in [-0.39, 0.29) is 28.8 Å². The Balaban J connectivity index is 2.10. The van der Waals surface area contributed by atoms with Crippen LogP contribution in [0.4, 0.5) is 0 Å². The van der Waals surface area contributed by atoms with Crippen LogP contribution in [0.3, 0.4) is 0 Å². The van der Waals surface area contributed by atoms with E-state index in [1.54, 1.807) is 31.2 Å². The minimum atomic E-state index is -0.843. The van der Waals surface area contributed by atoms with Gasteiger partial charge in [0.2, 0.25) is 0 Å². The number of carbonyl (C=O) groups is 1. The third kappa shape index (κ3) is 2.47. The summed E-state index contributed by atoms with van der Waals surface area (Å²) < 4.78 is 7.50. The summed E-state index contributed by atoms with van der Waals surface area (Å²) in [6, 6.07) is 13.1. The molecule has 4 rings (SSSR count). The van der Waals surface area contributed by atoms with Gasteiger partial charge in [0.05, 0.1) is 17.4 Å². The zero-order valence-corrected chi connectivity index (χ0v) is 15.5. The molecule has 0 fully saturated rings. The first-order valence-corrected chi connectivity index (χ1v) is 8.96. The molecule has 28 heavy (non-hydrogen) atoms. The van der Waals surface area contributed by atoms with Crippen molar-refractivity contribution in [2.24, 2.45) is 5.73 Å². The second kappa shape index (κ2) is 6.53. The molecule has 0 amide bonds. The maximum Gasteiger partial charge on any atom is 0.340 e. The number of aromatic nitrogens is 2. The number of benzene rings is 2. The first-order valence-electron chi connectivity index (χ1n) is 8.96. The summed E-state index contributed by atoms with van der Waals surface area (Å²) in [4.78, 5) is 39.0. The number of aryl methyl sites for hydroxylation is 1. The van der Waals surface area contributed by atoms with E-state index >= 15 is 0 Å². The van der Waals surface area contributed by atoms with Crippen LogP contribution in [0, 0.1) is 6.92 Å². The second-order valence-electron chi connectivity index (χ2n) is 6.64. The highest BCUT2D eigenvalue weighted by Crippen LogP contribution is 2.33. The van der Waals surface area contributed by atoms with E-state index in [9.17, 15) is 14.4 Å². The lowest BCUT2D eigenvalue weighted by Gasteiger charge is -2.18. The van der Waals surface area contributed by atoms with Crippen LogP contribution >= 0.6 is 0 Å². The Morgan fingerprint density at radius 3 is 2.25 bits per heavy atom. The van der Waals surface area contributed by atoms with Gasteiger partial charge in [-0.2, -0.15) is 4.68 Å². The van der Waals surface area contributed by atoms with Gasteiger partial charge in [0.25, 0.3) is 11.1 Å². The lowest BCUT2D eigenvalue weighted by Crippen LogP contribution is -2.38. The smallest absolute Gasteiger partial charge is 0.340 e. The average Bonchev–Trinajstić information content (AvgIpc) is 3.00. The number of rotatable bonds is 3. The average molecular weight is 377 g/mol. The molecule has 0 saturated carbocycles. The van der Waals surface area contributed by atoms with Crippen molar-refractivity contribution in [1.29, 1.82) is 0 Å². The Morgan fingerprint density at radius 2 is 1.64 bits per heavy atom. The summed E-state index contributed by atoms with van der Waals surface area (Å²) in [5, 5.41) is 0.526. The highest BCUT2D eigenvalue weighted by Gasteiger charge is 2.38. The number of fused-ring (bicyclic) bond motifs is 2. The summed E-state index contributed by atoms with van der Waals surface area (Å²) in [7, 11) is 0. The maximum absolute atomic E-state index is 13.3. The zero-order chi connectivity index (χ0) is 20.0. The van der Waals surface area contributed by atoms with Gasteiger partial charge in [0.15, 0.2) is 0 Å². The first kappa shape index (κ1) is 17.8. The van der Waals surface area contributed by atoms with Crippen LogP contribution < -0.4 is 16.9 Å². The van der Waals surface area contributed by atoms with Crippen molar-refractivity contribution in [3.05, 3.63) is 85.9 Å². The number of carbonyl (C=O) groups excluding carboxylic acids is 1. The molecule has 7 nitrogen and oxygen atoms in total. The molecule has 2 N–H and O–H groups in total. The predicted octanol–water partition coefficient (Wildman–Crippen LogP) is 1.77. The molecule has 1 aromatic heterocycles. The molecule has 1 aliphatic rings. The Labute approximate surface area is 160 Å². The molecular weight excluding hydrogens is 358 g/mol. The SMILES string of the molecule is CCOC(=O)C1=C(N)n2c(=O)c3ccccc3c(=O)n2C1c1ccc(C)cc1. The summed E-state index contributed by atoms with van der Waals surface area (Å²) in [6.45, 7) is 3.77. The molecular formula is C21H19N3O4. The number of ether oxygens (including phenoxy) is 1. The van der Waals surface area contributed by atoms with Crippen molar-refractivity contribution in [3.8, 4) is 0 Å². The molecule has 1 unspecified atom stereocenters. The number of hydrogen-bond acceptors (Lipinski definition) is 5. The largest absolute Gasteiger partial charge is 0.462 e. The van der Waals surface area contributed by atoms with Gasteiger partial charge in [-0.3, -0.25) is 9.59 Å². The Hall–Kier alpha value is -3.61. The molecule has 0 spiro atoms. The summed E-state index contributed by atoms with van der Waals surface area (Å²) in [6.07, 6.45) is 0. The zero-order valence-electron chi connectivity index (χ0n) is 15.5. The molecule has 3 aromatic rings. The topological polar surface area (TPSA) is 96.3 Å². The van der Waals surface area contributed by atoms with Crippen molar-refractivity contribution < 1.29 is 9.53 Å². The molecule has 1 aliphatic heterocycles. The van der Waals surface area contributed by atoms with Crippen LogP contribution in [0.1, 0.15) is 24.1 Å². The predicted molar refractivity (Wildman–Crippen MR) is 106 cm³/mol. The highest BCUT2D eigenvalue weighted by molar-refractivity contribution is 5.97. The Kier molecular flexibility index (Phi) is 4.15. The second-order valence-corrected chi connectivity index (χ2v) is 6.64. The third-order valence-corrected chi connectivity index (χ3v) is 4.91. The van der Waals surface area contributed by atoms with Crippen molar-refractivity contribution in [1.82, 2.24) is 9.36 Å². The molecule has 1 atom stereocenters. The highest BCUT2D eigenvalue weighted by atomic mass is 16.5. The van der Waals surface area contributed by atoms with Crippen LogP contribution in [0.15, 0.2) is 63.7 Å². The van der Waals surface area contributed by atoms with Crippen LogP contribution in [-0.4, -0.2) is 21.9 Å². The molecule has 0 radical (unpaired) electrons. The molecule has 0 saturated heterocycles. The quantitative estimate of drug-likeness (QED) is 0.702. The standard InChI is InChI=1S/C21H19N3O4/c1-3-28-21(27)16-17(13-10-8-12(2)9-11-13)23-19(25)14-6-4-5-7-15(14)20(26)24(23)18(16)22/h4-11,17H,3,22H2,1-2H3. The normalized spacial score (nSPS) is 15.7. The van der Waals surface area contributed by atoms with Gasteiger partial charge in [-0.15, -0.1) is 0 Å².